The molecule has 0 saturated heterocycles. The van der Waals surface area contributed by atoms with Crippen molar-refractivity contribution in [3.05, 3.63) is 107 Å². The van der Waals surface area contributed by atoms with E-state index in [4.69, 9.17) is 11.6 Å². The molecule has 0 heterocycles. The van der Waals surface area contributed by atoms with Gasteiger partial charge in [0, 0.05) is 10.6 Å². The number of hydrazone groups is 1. The summed E-state index contributed by atoms with van der Waals surface area (Å²) in [5.41, 5.74) is 3.98. The van der Waals surface area contributed by atoms with Crippen molar-refractivity contribution < 1.29 is 8.42 Å². The van der Waals surface area contributed by atoms with Gasteiger partial charge < -0.3 is 0 Å². The number of benzene rings is 3. The second-order valence-corrected chi connectivity index (χ2v) is 8.65. The maximum atomic E-state index is 12.6. The van der Waals surface area contributed by atoms with Crippen LogP contribution in [0.1, 0.15) is 23.6 Å². The van der Waals surface area contributed by atoms with Gasteiger partial charge in [-0.3, -0.25) is 0 Å². The van der Waals surface area contributed by atoms with Crippen molar-refractivity contribution in [3.8, 4) is 0 Å². The highest BCUT2D eigenvalue weighted by Crippen LogP contribution is 2.23. The van der Waals surface area contributed by atoms with Gasteiger partial charge >= 0.3 is 0 Å². The van der Waals surface area contributed by atoms with E-state index in [0.717, 1.165) is 22.3 Å². The third kappa shape index (κ3) is 5.34. The fourth-order valence-electron chi connectivity index (χ4n) is 2.73. The lowest BCUT2D eigenvalue weighted by Gasteiger charge is -2.09. The first-order valence-corrected chi connectivity index (χ1v) is 10.9. The maximum Gasteiger partial charge on any atom is 0.276 e. The van der Waals surface area contributed by atoms with E-state index in [-0.39, 0.29) is 4.90 Å². The molecule has 3 aromatic carbocycles. The quantitative estimate of drug-likeness (QED) is 0.423. The zero-order chi connectivity index (χ0) is 20.9. The highest BCUT2D eigenvalue weighted by Gasteiger charge is 2.13. The number of aryl methyl sites for hydroxylation is 1. The minimum Gasteiger partial charge on any atom is -0.200 e. The normalized spacial score (nSPS) is 12.7. The summed E-state index contributed by atoms with van der Waals surface area (Å²) in [4.78, 5) is 2.51. The summed E-state index contributed by atoms with van der Waals surface area (Å²) in [5, 5.41) is 4.84. The molecule has 3 rings (SSSR count). The fourth-order valence-corrected chi connectivity index (χ4v) is 3.84. The molecule has 0 unspecified atom stereocenters. The maximum absolute atomic E-state index is 12.6. The Morgan fingerprint density at radius 3 is 2.21 bits per heavy atom. The van der Waals surface area contributed by atoms with Gasteiger partial charge in [0.1, 0.15) is 0 Å². The van der Waals surface area contributed by atoms with Gasteiger partial charge in [-0.25, -0.2) is 0 Å². The topological polar surface area (TPSA) is 58.5 Å². The van der Waals surface area contributed by atoms with Crippen LogP contribution in [0.4, 0.5) is 0 Å². The Morgan fingerprint density at radius 1 is 0.931 bits per heavy atom. The highest BCUT2D eigenvalue weighted by molar-refractivity contribution is 7.89. The van der Waals surface area contributed by atoms with Gasteiger partial charge in [-0.05, 0) is 49.3 Å². The average Bonchev–Trinajstić information content (AvgIpc) is 2.72. The van der Waals surface area contributed by atoms with E-state index in [1.807, 2.05) is 74.5 Å². The molecule has 0 radical (unpaired) electrons. The number of sulfonamides is 1. The Morgan fingerprint density at radius 2 is 1.55 bits per heavy atom. The van der Waals surface area contributed by atoms with Crippen LogP contribution in [0, 0.1) is 6.92 Å². The van der Waals surface area contributed by atoms with Crippen molar-refractivity contribution in [2.24, 2.45) is 5.10 Å². The summed E-state index contributed by atoms with van der Waals surface area (Å²) in [5.74, 6) is 0. The monoisotopic (exact) mass is 424 g/mol. The molecule has 29 heavy (non-hydrogen) atoms. The largest absolute Gasteiger partial charge is 0.276 e. The molecule has 0 aliphatic carbocycles. The first-order chi connectivity index (χ1) is 13.9. The molecule has 3 aromatic rings. The summed E-state index contributed by atoms with van der Waals surface area (Å²) < 4.78 is 25.3. The Balaban J connectivity index is 1.99. The van der Waals surface area contributed by atoms with E-state index < -0.39 is 10.0 Å². The van der Waals surface area contributed by atoms with Crippen molar-refractivity contribution in [1.82, 2.24) is 4.83 Å². The van der Waals surface area contributed by atoms with Crippen molar-refractivity contribution in [1.29, 1.82) is 0 Å². The summed E-state index contributed by atoms with van der Waals surface area (Å²) in [6.07, 6.45) is 1.81. The number of rotatable bonds is 6. The first kappa shape index (κ1) is 20.8. The predicted molar refractivity (Wildman–Crippen MR) is 120 cm³/mol. The molecule has 0 aromatic heterocycles. The lowest BCUT2D eigenvalue weighted by atomic mass is 10.0. The molecule has 4 nitrogen and oxygen atoms in total. The van der Waals surface area contributed by atoms with E-state index in [2.05, 4.69) is 9.93 Å². The Hall–Kier alpha value is -2.89. The first-order valence-electron chi connectivity index (χ1n) is 9.01. The van der Waals surface area contributed by atoms with Crippen LogP contribution in [0.15, 0.2) is 94.9 Å². The molecule has 0 bridgehead atoms. The number of halogens is 1. The highest BCUT2D eigenvalue weighted by atomic mass is 35.5. The van der Waals surface area contributed by atoms with Crippen molar-refractivity contribution in [3.63, 3.8) is 0 Å². The van der Waals surface area contributed by atoms with Crippen molar-refractivity contribution >= 4 is 32.9 Å². The molecule has 1 N–H and O–H groups in total. The molecular formula is C23H21ClN2O2S. The Kier molecular flexibility index (Phi) is 6.52. The SMILES string of the molecule is C/C(=C\C(=N/NS(=O)(=O)c1ccc(C)cc1)c1ccccc1)c1ccccc1Cl. The van der Waals surface area contributed by atoms with Gasteiger partial charge in [0.15, 0.2) is 0 Å². The van der Waals surface area contributed by atoms with Gasteiger partial charge in [0.05, 0.1) is 10.6 Å². The zero-order valence-corrected chi connectivity index (χ0v) is 17.7. The summed E-state index contributed by atoms with van der Waals surface area (Å²) >= 11 is 6.30. The molecule has 0 aliphatic rings. The van der Waals surface area contributed by atoms with E-state index in [1.165, 1.54) is 0 Å². The summed E-state index contributed by atoms with van der Waals surface area (Å²) in [6.45, 7) is 3.81. The van der Waals surface area contributed by atoms with Gasteiger partial charge in [0.2, 0.25) is 0 Å². The molecule has 6 heteroatoms. The molecule has 0 spiro atoms. The zero-order valence-electron chi connectivity index (χ0n) is 16.1. The van der Waals surface area contributed by atoms with Gasteiger partial charge in [-0.1, -0.05) is 77.8 Å². The van der Waals surface area contributed by atoms with E-state index in [0.29, 0.717) is 10.7 Å². The molecule has 0 saturated carbocycles. The number of nitrogens with zero attached hydrogens (tertiary/aromatic N) is 1. The van der Waals surface area contributed by atoms with Crippen LogP contribution in [0.5, 0.6) is 0 Å². The van der Waals surface area contributed by atoms with Gasteiger partial charge in [-0.15, -0.1) is 0 Å². The molecule has 0 aliphatic heterocycles. The summed E-state index contributed by atoms with van der Waals surface area (Å²) in [7, 11) is -3.78. The number of nitrogens with one attached hydrogen (secondary N) is 1. The van der Waals surface area contributed by atoms with Crippen LogP contribution < -0.4 is 4.83 Å². The fraction of sp³-hybridized carbons (Fsp3) is 0.0870. The Bertz CT molecular complexity index is 1150. The lowest BCUT2D eigenvalue weighted by molar-refractivity contribution is 0.584. The molecule has 148 valence electrons. The molecule has 0 fully saturated rings. The second kappa shape index (κ2) is 9.07. The second-order valence-electron chi connectivity index (χ2n) is 6.58. The van der Waals surface area contributed by atoms with Crippen LogP contribution in [0.2, 0.25) is 5.02 Å². The van der Waals surface area contributed by atoms with Gasteiger partial charge in [-0.2, -0.15) is 18.4 Å². The van der Waals surface area contributed by atoms with Crippen LogP contribution in [-0.2, 0) is 10.0 Å². The van der Waals surface area contributed by atoms with Crippen molar-refractivity contribution in [2.45, 2.75) is 18.7 Å². The third-order valence-corrected chi connectivity index (χ3v) is 5.89. The van der Waals surface area contributed by atoms with Gasteiger partial charge in [0.25, 0.3) is 10.0 Å². The minimum atomic E-state index is -3.78. The van der Waals surface area contributed by atoms with Crippen LogP contribution in [-0.4, -0.2) is 14.1 Å². The number of allylic oxidation sites excluding steroid dienone is 2. The van der Waals surface area contributed by atoms with E-state index in [1.54, 1.807) is 24.3 Å². The van der Waals surface area contributed by atoms with Crippen LogP contribution in [0.3, 0.4) is 0 Å². The smallest absolute Gasteiger partial charge is 0.200 e. The van der Waals surface area contributed by atoms with E-state index >= 15 is 0 Å². The summed E-state index contributed by atoms with van der Waals surface area (Å²) in [6, 6.07) is 23.5. The lowest BCUT2D eigenvalue weighted by Crippen LogP contribution is -2.20. The molecule has 0 amide bonds. The third-order valence-electron chi connectivity index (χ3n) is 4.34. The molecule has 0 atom stereocenters. The van der Waals surface area contributed by atoms with Crippen LogP contribution >= 0.6 is 11.6 Å². The Labute approximate surface area is 176 Å². The minimum absolute atomic E-state index is 0.158. The predicted octanol–water partition coefficient (Wildman–Crippen LogP) is 5.43. The van der Waals surface area contributed by atoms with E-state index in [9.17, 15) is 8.42 Å². The van der Waals surface area contributed by atoms with Crippen LogP contribution in [0.25, 0.3) is 5.57 Å². The average molecular weight is 425 g/mol. The number of hydrogen-bond donors (Lipinski definition) is 1. The van der Waals surface area contributed by atoms with Crippen molar-refractivity contribution in [2.75, 3.05) is 0 Å². The standard InChI is InChI=1S/C23H21ClN2O2S/c1-17-12-14-20(15-13-17)29(27,28)26-25-23(19-8-4-3-5-9-19)16-18(2)21-10-6-7-11-22(21)24/h3-16,26H,1-2H3/b18-16+,25-23+. The molecular weight excluding hydrogens is 404 g/mol. The number of hydrogen-bond acceptors (Lipinski definition) is 3.